The third kappa shape index (κ3) is 4.34. The number of hydrogen-bond acceptors (Lipinski definition) is 2. The first kappa shape index (κ1) is 16.0. The second kappa shape index (κ2) is 6.73. The molecule has 0 unspecified atom stereocenters. The summed E-state index contributed by atoms with van der Waals surface area (Å²) in [5.41, 5.74) is 3.08. The minimum absolute atomic E-state index is 0.327. The first-order valence-electron chi connectivity index (χ1n) is 7.84. The predicted molar refractivity (Wildman–Crippen MR) is 91.9 cm³/mol. The highest BCUT2D eigenvalue weighted by Gasteiger charge is 2.41. The Labute approximate surface area is 141 Å². The quantitative estimate of drug-likeness (QED) is 0.802. The molecule has 2 N–H and O–H groups in total. The van der Waals surface area contributed by atoms with Crippen LogP contribution in [0.3, 0.4) is 0 Å². The van der Waals surface area contributed by atoms with Gasteiger partial charge in [-0.3, -0.25) is 0 Å². The van der Waals surface area contributed by atoms with E-state index in [9.17, 15) is 4.79 Å². The standard InChI is InChI=1S/C19H20ClNO2/c20-17-3-1-2-15(10-17)11-19(8-9-19)13-21-12-14-4-6-16(7-5-14)18(22)23/h1-7,10,21H,8-9,11-13H2,(H,22,23). The molecule has 1 fully saturated rings. The van der Waals surface area contributed by atoms with Gasteiger partial charge in [0.05, 0.1) is 5.56 Å². The van der Waals surface area contributed by atoms with Crippen LogP contribution in [0.15, 0.2) is 48.5 Å². The predicted octanol–water partition coefficient (Wildman–Crippen LogP) is 4.15. The van der Waals surface area contributed by atoms with Gasteiger partial charge in [0.25, 0.3) is 0 Å². The molecule has 0 aliphatic heterocycles. The molecule has 0 spiro atoms. The molecule has 0 radical (unpaired) electrons. The van der Waals surface area contributed by atoms with Crippen LogP contribution in [0.25, 0.3) is 0 Å². The zero-order valence-corrected chi connectivity index (χ0v) is 13.6. The molecular formula is C19H20ClNO2. The van der Waals surface area contributed by atoms with E-state index in [0.717, 1.165) is 30.1 Å². The Morgan fingerprint density at radius 3 is 2.48 bits per heavy atom. The first-order valence-corrected chi connectivity index (χ1v) is 8.22. The van der Waals surface area contributed by atoms with Crippen LogP contribution in [0, 0.1) is 5.41 Å². The van der Waals surface area contributed by atoms with Crippen LogP contribution >= 0.6 is 11.6 Å². The molecule has 0 amide bonds. The largest absolute Gasteiger partial charge is 0.478 e. The summed E-state index contributed by atoms with van der Waals surface area (Å²) in [5, 5.41) is 13.2. The van der Waals surface area contributed by atoms with Crippen molar-refractivity contribution in [3.8, 4) is 0 Å². The van der Waals surface area contributed by atoms with Crippen molar-refractivity contribution in [1.82, 2.24) is 5.32 Å². The smallest absolute Gasteiger partial charge is 0.335 e. The molecule has 120 valence electrons. The van der Waals surface area contributed by atoms with Crippen LogP contribution in [0.5, 0.6) is 0 Å². The fourth-order valence-corrected chi connectivity index (χ4v) is 3.12. The number of aromatic carboxylic acids is 1. The number of halogens is 1. The van der Waals surface area contributed by atoms with Crippen molar-refractivity contribution in [2.45, 2.75) is 25.8 Å². The molecular weight excluding hydrogens is 310 g/mol. The molecule has 3 nitrogen and oxygen atoms in total. The van der Waals surface area contributed by atoms with Crippen molar-refractivity contribution in [2.75, 3.05) is 6.54 Å². The molecule has 1 aliphatic rings. The van der Waals surface area contributed by atoms with E-state index in [0.29, 0.717) is 11.0 Å². The summed E-state index contributed by atoms with van der Waals surface area (Å²) in [6, 6.07) is 15.1. The minimum atomic E-state index is -0.886. The number of benzene rings is 2. The number of carbonyl (C=O) groups is 1. The lowest BCUT2D eigenvalue weighted by molar-refractivity contribution is 0.0697. The van der Waals surface area contributed by atoms with Crippen molar-refractivity contribution in [1.29, 1.82) is 0 Å². The van der Waals surface area contributed by atoms with Gasteiger partial charge in [0, 0.05) is 18.1 Å². The summed E-state index contributed by atoms with van der Waals surface area (Å²) in [6.45, 7) is 1.73. The molecule has 3 rings (SSSR count). The highest BCUT2D eigenvalue weighted by molar-refractivity contribution is 6.30. The minimum Gasteiger partial charge on any atom is -0.478 e. The van der Waals surface area contributed by atoms with Crippen LogP contribution in [-0.2, 0) is 13.0 Å². The number of hydrogen-bond donors (Lipinski definition) is 2. The van der Waals surface area contributed by atoms with Crippen molar-refractivity contribution >= 4 is 17.6 Å². The summed E-state index contributed by atoms with van der Waals surface area (Å²) < 4.78 is 0. The zero-order valence-electron chi connectivity index (χ0n) is 12.9. The van der Waals surface area contributed by atoms with E-state index in [-0.39, 0.29) is 0 Å². The number of carboxylic acids is 1. The summed E-state index contributed by atoms with van der Waals surface area (Å²) in [4.78, 5) is 10.8. The lowest BCUT2D eigenvalue weighted by Crippen LogP contribution is -2.25. The molecule has 4 heteroatoms. The summed E-state index contributed by atoms with van der Waals surface area (Å²) in [5.74, 6) is -0.886. The second-order valence-corrected chi connectivity index (χ2v) is 6.85. The molecule has 2 aromatic rings. The van der Waals surface area contributed by atoms with Crippen LogP contribution in [0.2, 0.25) is 5.02 Å². The Morgan fingerprint density at radius 2 is 1.87 bits per heavy atom. The summed E-state index contributed by atoms with van der Waals surface area (Å²) >= 11 is 6.06. The van der Waals surface area contributed by atoms with Gasteiger partial charge in [-0.1, -0.05) is 35.9 Å². The van der Waals surface area contributed by atoms with Gasteiger partial charge < -0.3 is 10.4 Å². The maximum Gasteiger partial charge on any atom is 0.335 e. The Morgan fingerprint density at radius 1 is 1.13 bits per heavy atom. The van der Waals surface area contributed by atoms with Gasteiger partial charge in [0.15, 0.2) is 0 Å². The van der Waals surface area contributed by atoms with Crippen molar-refractivity contribution in [3.63, 3.8) is 0 Å². The van der Waals surface area contributed by atoms with Crippen LogP contribution in [0.4, 0.5) is 0 Å². The fourth-order valence-electron chi connectivity index (χ4n) is 2.91. The highest BCUT2D eigenvalue weighted by atomic mass is 35.5. The third-order valence-electron chi connectivity index (χ3n) is 4.46. The number of carboxylic acid groups (broad SMARTS) is 1. The Hall–Kier alpha value is -1.84. The normalized spacial score (nSPS) is 15.3. The fraction of sp³-hybridized carbons (Fsp3) is 0.316. The van der Waals surface area contributed by atoms with E-state index in [1.807, 2.05) is 30.3 Å². The maximum absolute atomic E-state index is 10.8. The van der Waals surface area contributed by atoms with Crippen LogP contribution < -0.4 is 5.32 Å². The van der Waals surface area contributed by atoms with E-state index < -0.39 is 5.97 Å². The van der Waals surface area contributed by atoms with Gasteiger partial charge >= 0.3 is 5.97 Å². The van der Waals surface area contributed by atoms with E-state index in [1.165, 1.54) is 18.4 Å². The molecule has 0 heterocycles. The first-order chi connectivity index (χ1) is 11.1. The maximum atomic E-state index is 10.8. The summed E-state index contributed by atoms with van der Waals surface area (Å²) in [6.07, 6.45) is 3.54. The monoisotopic (exact) mass is 329 g/mol. The molecule has 23 heavy (non-hydrogen) atoms. The highest BCUT2D eigenvalue weighted by Crippen LogP contribution is 2.48. The molecule has 2 aromatic carbocycles. The van der Waals surface area contributed by atoms with Gasteiger partial charge in [-0.2, -0.15) is 0 Å². The Balaban J connectivity index is 1.51. The Kier molecular flexibility index (Phi) is 4.69. The molecule has 0 atom stereocenters. The molecule has 1 saturated carbocycles. The lowest BCUT2D eigenvalue weighted by atomic mass is 9.96. The van der Waals surface area contributed by atoms with Gasteiger partial charge in [0.2, 0.25) is 0 Å². The molecule has 1 aliphatic carbocycles. The second-order valence-electron chi connectivity index (χ2n) is 6.41. The van der Waals surface area contributed by atoms with Crippen LogP contribution in [-0.4, -0.2) is 17.6 Å². The van der Waals surface area contributed by atoms with Gasteiger partial charge in [-0.25, -0.2) is 4.79 Å². The molecule has 0 saturated heterocycles. The number of rotatable bonds is 7. The third-order valence-corrected chi connectivity index (χ3v) is 4.69. The van der Waals surface area contributed by atoms with Crippen molar-refractivity contribution in [2.24, 2.45) is 5.41 Å². The number of nitrogens with one attached hydrogen (secondary N) is 1. The van der Waals surface area contributed by atoms with E-state index >= 15 is 0 Å². The average molecular weight is 330 g/mol. The van der Waals surface area contributed by atoms with E-state index in [2.05, 4.69) is 11.4 Å². The summed E-state index contributed by atoms with van der Waals surface area (Å²) in [7, 11) is 0. The lowest BCUT2D eigenvalue weighted by Gasteiger charge is -2.16. The van der Waals surface area contributed by atoms with Gasteiger partial charge in [-0.05, 0) is 60.1 Å². The molecule has 0 bridgehead atoms. The van der Waals surface area contributed by atoms with Crippen molar-refractivity contribution < 1.29 is 9.90 Å². The van der Waals surface area contributed by atoms with Crippen molar-refractivity contribution in [3.05, 3.63) is 70.2 Å². The van der Waals surface area contributed by atoms with Gasteiger partial charge in [-0.15, -0.1) is 0 Å². The SMILES string of the molecule is O=C(O)c1ccc(CNCC2(Cc3cccc(Cl)c3)CC2)cc1. The average Bonchev–Trinajstić information content (AvgIpc) is 3.27. The van der Waals surface area contributed by atoms with Crippen LogP contribution in [0.1, 0.15) is 34.3 Å². The topological polar surface area (TPSA) is 49.3 Å². The van der Waals surface area contributed by atoms with E-state index in [1.54, 1.807) is 12.1 Å². The van der Waals surface area contributed by atoms with Gasteiger partial charge in [0.1, 0.15) is 0 Å². The van der Waals surface area contributed by atoms with E-state index in [4.69, 9.17) is 16.7 Å². The Bertz CT molecular complexity index is 693. The molecule has 0 aromatic heterocycles. The zero-order chi connectivity index (χ0) is 16.3.